The van der Waals surface area contributed by atoms with Gasteiger partial charge in [0, 0.05) is 6.08 Å². The fraction of sp³-hybridized carbons (Fsp3) is 0.414. The number of phenols is 1. The molecule has 2 aromatic carbocycles. The molecule has 2 aliphatic carbocycles. The number of carbonyl (C=O) groups is 1. The van der Waals surface area contributed by atoms with Crippen LogP contribution in [0.3, 0.4) is 0 Å². The molecule has 3 nitrogen and oxygen atoms in total. The summed E-state index contributed by atoms with van der Waals surface area (Å²) in [6, 6.07) is 16.1. The molecule has 0 saturated heterocycles. The van der Waals surface area contributed by atoms with Gasteiger partial charge in [-0.3, -0.25) is 0 Å². The molecule has 0 spiro atoms. The van der Waals surface area contributed by atoms with Crippen molar-refractivity contribution in [3.05, 3.63) is 76.9 Å². The first-order valence-corrected chi connectivity index (χ1v) is 11.8. The Labute approximate surface area is 191 Å². The van der Waals surface area contributed by atoms with Gasteiger partial charge in [-0.15, -0.1) is 0 Å². The molecule has 0 aliphatic heterocycles. The van der Waals surface area contributed by atoms with E-state index in [0.29, 0.717) is 17.6 Å². The Morgan fingerprint density at radius 3 is 1.88 bits per heavy atom. The van der Waals surface area contributed by atoms with Gasteiger partial charge in [0.25, 0.3) is 0 Å². The van der Waals surface area contributed by atoms with E-state index in [9.17, 15) is 9.90 Å². The number of hydrogen-bond donors (Lipinski definition) is 1. The lowest BCUT2D eigenvalue weighted by molar-refractivity contribution is -0.148. The quantitative estimate of drug-likeness (QED) is 0.414. The molecule has 2 aliphatic rings. The van der Waals surface area contributed by atoms with Crippen LogP contribution in [0.5, 0.6) is 5.75 Å². The number of fused-ring (bicyclic) bond motifs is 2. The first kappa shape index (κ1) is 22.4. The Hall–Kier alpha value is -2.81. The number of esters is 1. The van der Waals surface area contributed by atoms with Gasteiger partial charge >= 0.3 is 5.97 Å². The Morgan fingerprint density at radius 1 is 0.875 bits per heavy atom. The zero-order chi connectivity index (χ0) is 22.7. The Bertz CT molecular complexity index is 980. The number of allylic oxidation sites excluding steroid dienone is 1. The average molecular weight is 431 g/mol. The second kappa shape index (κ2) is 9.36. The summed E-state index contributed by atoms with van der Waals surface area (Å²) in [5.74, 6) is 1.30. The summed E-state index contributed by atoms with van der Waals surface area (Å²) in [5.41, 5.74) is 5.81. The molecule has 3 heteroatoms. The van der Waals surface area contributed by atoms with E-state index < -0.39 is 5.60 Å². The van der Waals surface area contributed by atoms with Gasteiger partial charge in [0.15, 0.2) is 0 Å². The minimum absolute atomic E-state index is 0.296. The Morgan fingerprint density at radius 2 is 1.38 bits per heavy atom. The van der Waals surface area contributed by atoms with Crippen LogP contribution in [0.15, 0.2) is 60.2 Å². The van der Waals surface area contributed by atoms with Crippen molar-refractivity contribution in [2.45, 2.75) is 64.9 Å². The summed E-state index contributed by atoms with van der Waals surface area (Å²) < 4.78 is 5.36. The van der Waals surface area contributed by atoms with E-state index in [4.69, 9.17) is 4.74 Å². The maximum Gasteiger partial charge on any atom is 0.331 e. The zero-order valence-corrected chi connectivity index (χ0v) is 19.4. The van der Waals surface area contributed by atoms with Gasteiger partial charge in [0.1, 0.15) is 11.4 Å². The standard InChI is InChI=1S/C29H34O3/c1-29(2,3)32-26(31)19-12-20-10-13-23(14-11-20)28(24-15-17-25(30)18-16-24)27-21-6-4-7-22(27)9-5-8-21/h10-19,21-22,30H,4-9H2,1-3H3/b19-12+,28-27?. The molecule has 0 amide bonds. The van der Waals surface area contributed by atoms with E-state index in [-0.39, 0.29) is 5.97 Å². The number of carbonyl (C=O) groups excluding carboxylic acids is 1. The van der Waals surface area contributed by atoms with Crippen molar-refractivity contribution >= 4 is 17.6 Å². The minimum Gasteiger partial charge on any atom is -0.508 e. The third-order valence-electron chi connectivity index (χ3n) is 6.55. The van der Waals surface area contributed by atoms with Crippen LogP contribution in [0.2, 0.25) is 0 Å². The maximum absolute atomic E-state index is 12.0. The summed E-state index contributed by atoms with van der Waals surface area (Å²) in [7, 11) is 0. The van der Waals surface area contributed by atoms with E-state index >= 15 is 0 Å². The maximum atomic E-state index is 12.0. The molecule has 1 N–H and O–H groups in total. The molecule has 2 aromatic rings. The second-order valence-electron chi connectivity index (χ2n) is 10.1. The normalized spacial score (nSPS) is 20.9. The number of benzene rings is 2. The first-order valence-electron chi connectivity index (χ1n) is 11.8. The van der Waals surface area contributed by atoms with Crippen molar-refractivity contribution in [2.24, 2.45) is 11.8 Å². The van der Waals surface area contributed by atoms with Crippen LogP contribution < -0.4 is 0 Å². The summed E-state index contributed by atoms with van der Waals surface area (Å²) in [5, 5.41) is 9.83. The van der Waals surface area contributed by atoms with Crippen molar-refractivity contribution in [3.63, 3.8) is 0 Å². The van der Waals surface area contributed by atoms with Crippen LogP contribution in [0.4, 0.5) is 0 Å². The summed E-state index contributed by atoms with van der Waals surface area (Å²) in [6.45, 7) is 5.60. The van der Waals surface area contributed by atoms with E-state index in [1.807, 2.05) is 32.9 Å². The van der Waals surface area contributed by atoms with Crippen LogP contribution in [-0.4, -0.2) is 16.7 Å². The van der Waals surface area contributed by atoms with Crippen LogP contribution in [0.25, 0.3) is 11.6 Å². The van der Waals surface area contributed by atoms with Crippen LogP contribution in [0.1, 0.15) is 76.0 Å². The molecule has 0 aromatic heterocycles. The lowest BCUT2D eigenvalue weighted by Crippen LogP contribution is -2.25. The van der Waals surface area contributed by atoms with Gasteiger partial charge in [0.2, 0.25) is 0 Å². The summed E-state index contributed by atoms with van der Waals surface area (Å²) in [4.78, 5) is 12.0. The smallest absolute Gasteiger partial charge is 0.331 e. The number of hydrogen-bond acceptors (Lipinski definition) is 3. The molecular formula is C29H34O3. The monoisotopic (exact) mass is 430 g/mol. The van der Waals surface area contributed by atoms with Crippen molar-refractivity contribution in [2.75, 3.05) is 0 Å². The fourth-order valence-electron chi connectivity index (χ4n) is 5.26. The zero-order valence-electron chi connectivity index (χ0n) is 19.4. The number of phenolic OH excluding ortho intramolecular Hbond substituents is 1. The molecular weight excluding hydrogens is 396 g/mol. The average Bonchev–Trinajstić information content (AvgIpc) is 2.73. The SMILES string of the molecule is CC(C)(C)OC(=O)/C=C/c1ccc(C(=C2C3CCCC2CCC3)c2ccc(O)cc2)cc1. The van der Waals surface area contributed by atoms with E-state index in [2.05, 4.69) is 24.3 Å². The van der Waals surface area contributed by atoms with Crippen molar-refractivity contribution in [1.82, 2.24) is 0 Å². The van der Waals surface area contributed by atoms with Crippen LogP contribution >= 0.6 is 0 Å². The van der Waals surface area contributed by atoms with Gasteiger partial charge in [0.05, 0.1) is 0 Å². The molecule has 0 atom stereocenters. The Kier molecular flexibility index (Phi) is 6.55. The predicted molar refractivity (Wildman–Crippen MR) is 130 cm³/mol. The van der Waals surface area contributed by atoms with Crippen molar-refractivity contribution in [3.8, 4) is 5.75 Å². The lowest BCUT2D eigenvalue weighted by atomic mass is 9.65. The molecule has 2 fully saturated rings. The Balaban J connectivity index is 1.68. The van der Waals surface area contributed by atoms with E-state index in [1.165, 1.54) is 61.3 Å². The van der Waals surface area contributed by atoms with Gasteiger partial charge in [-0.1, -0.05) is 54.8 Å². The third-order valence-corrected chi connectivity index (χ3v) is 6.55. The molecule has 2 saturated carbocycles. The minimum atomic E-state index is -0.492. The van der Waals surface area contributed by atoms with Crippen LogP contribution in [-0.2, 0) is 9.53 Å². The van der Waals surface area contributed by atoms with Crippen LogP contribution in [0, 0.1) is 11.8 Å². The highest BCUT2D eigenvalue weighted by Gasteiger charge is 2.33. The highest BCUT2D eigenvalue weighted by atomic mass is 16.6. The number of aromatic hydroxyl groups is 1. The second-order valence-corrected chi connectivity index (χ2v) is 10.1. The summed E-state index contributed by atoms with van der Waals surface area (Å²) >= 11 is 0. The van der Waals surface area contributed by atoms with E-state index in [0.717, 1.165) is 5.56 Å². The predicted octanol–water partition coefficient (Wildman–Crippen LogP) is 7.15. The highest BCUT2D eigenvalue weighted by Crippen LogP contribution is 2.48. The van der Waals surface area contributed by atoms with Gasteiger partial charge < -0.3 is 9.84 Å². The molecule has 168 valence electrons. The largest absolute Gasteiger partial charge is 0.508 e. The van der Waals surface area contributed by atoms with Crippen molar-refractivity contribution in [1.29, 1.82) is 0 Å². The molecule has 0 radical (unpaired) electrons. The molecule has 2 bridgehead atoms. The van der Waals surface area contributed by atoms with E-state index in [1.54, 1.807) is 23.8 Å². The third kappa shape index (κ3) is 5.32. The molecule has 0 heterocycles. The number of ether oxygens (including phenoxy) is 1. The lowest BCUT2D eigenvalue weighted by Gasteiger charge is -2.39. The fourth-order valence-corrected chi connectivity index (χ4v) is 5.26. The first-order chi connectivity index (χ1) is 15.3. The highest BCUT2D eigenvalue weighted by molar-refractivity contribution is 5.88. The molecule has 4 rings (SSSR count). The van der Waals surface area contributed by atoms with Crippen molar-refractivity contribution < 1.29 is 14.6 Å². The molecule has 0 unspecified atom stereocenters. The number of rotatable bonds is 4. The molecule has 32 heavy (non-hydrogen) atoms. The van der Waals surface area contributed by atoms with Gasteiger partial charge in [-0.05, 0) is 98.8 Å². The summed E-state index contributed by atoms with van der Waals surface area (Å²) in [6.07, 6.45) is 11.1. The topological polar surface area (TPSA) is 46.5 Å². The van der Waals surface area contributed by atoms with Gasteiger partial charge in [-0.25, -0.2) is 4.79 Å². The van der Waals surface area contributed by atoms with Gasteiger partial charge in [-0.2, -0.15) is 0 Å².